The quantitative estimate of drug-likeness (QED) is 0.869. The van der Waals surface area contributed by atoms with Crippen LogP contribution in [0.25, 0.3) is 0 Å². The van der Waals surface area contributed by atoms with Crippen LogP contribution in [0.4, 0.5) is 0 Å². The van der Waals surface area contributed by atoms with Crippen LogP contribution in [0.1, 0.15) is 24.8 Å². The van der Waals surface area contributed by atoms with Gasteiger partial charge in [-0.1, -0.05) is 17.7 Å². The first-order valence-electron chi connectivity index (χ1n) is 7.03. The average molecular weight is 282 g/mol. The van der Waals surface area contributed by atoms with Crippen LogP contribution in [0.5, 0.6) is 5.75 Å². The van der Waals surface area contributed by atoms with Gasteiger partial charge in [0.05, 0.1) is 18.2 Å². The molecule has 1 atom stereocenters. The van der Waals surface area contributed by atoms with Gasteiger partial charge in [0, 0.05) is 25.1 Å². The number of hydrogen-bond donors (Lipinski definition) is 1. The third-order valence-corrected chi connectivity index (χ3v) is 3.96. The number of nitrogens with one attached hydrogen (secondary N) is 1. The fourth-order valence-electron chi connectivity index (χ4n) is 2.24. The molecule has 2 fully saturated rings. The maximum atomic E-state index is 6.26. The summed E-state index contributed by atoms with van der Waals surface area (Å²) in [6, 6.07) is 6.78. The highest BCUT2D eigenvalue weighted by atomic mass is 35.5. The van der Waals surface area contributed by atoms with Crippen molar-refractivity contribution in [3.05, 3.63) is 28.8 Å². The molecule has 1 saturated heterocycles. The lowest BCUT2D eigenvalue weighted by atomic mass is 10.1. The van der Waals surface area contributed by atoms with E-state index >= 15 is 0 Å². The topological polar surface area (TPSA) is 30.5 Å². The Balaban J connectivity index is 1.52. The molecule has 0 radical (unpaired) electrons. The third kappa shape index (κ3) is 3.85. The SMILES string of the molecule is Clc1cc(CNC2CC2)ccc1OCC1CCOC1. The molecule has 0 bridgehead atoms. The van der Waals surface area contributed by atoms with Crippen LogP contribution >= 0.6 is 11.6 Å². The summed E-state index contributed by atoms with van der Waals surface area (Å²) in [6.07, 6.45) is 3.69. The van der Waals surface area contributed by atoms with Gasteiger partial charge in [-0.05, 0) is 37.0 Å². The monoisotopic (exact) mass is 281 g/mol. The van der Waals surface area contributed by atoms with Crippen LogP contribution in [0.15, 0.2) is 18.2 Å². The zero-order chi connectivity index (χ0) is 13.1. The lowest BCUT2D eigenvalue weighted by Crippen LogP contribution is -2.15. The second kappa shape index (κ2) is 6.12. The van der Waals surface area contributed by atoms with Gasteiger partial charge in [-0.25, -0.2) is 0 Å². The van der Waals surface area contributed by atoms with Gasteiger partial charge >= 0.3 is 0 Å². The molecule has 19 heavy (non-hydrogen) atoms. The first kappa shape index (κ1) is 13.2. The van der Waals surface area contributed by atoms with Crippen molar-refractivity contribution in [2.75, 3.05) is 19.8 Å². The minimum Gasteiger partial charge on any atom is -0.492 e. The summed E-state index contributed by atoms with van der Waals surface area (Å²) in [5.74, 6) is 1.29. The van der Waals surface area contributed by atoms with Crippen molar-refractivity contribution in [1.29, 1.82) is 0 Å². The second-order valence-corrected chi connectivity index (χ2v) is 5.87. The lowest BCUT2D eigenvalue weighted by molar-refractivity contribution is 0.167. The fourth-order valence-corrected chi connectivity index (χ4v) is 2.50. The molecule has 1 unspecified atom stereocenters. The van der Waals surface area contributed by atoms with E-state index in [2.05, 4.69) is 11.4 Å². The molecule has 3 nitrogen and oxygen atoms in total. The summed E-state index contributed by atoms with van der Waals surface area (Å²) in [7, 11) is 0. The van der Waals surface area contributed by atoms with Crippen molar-refractivity contribution in [2.45, 2.75) is 31.8 Å². The normalized spacial score (nSPS) is 22.7. The van der Waals surface area contributed by atoms with Crippen molar-refractivity contribution >= 4 is 11.6 Å². The number of rotatable bonds is 6. The molecule has 0 aromatic heterocycles. The lowest BCUT2D eigenvalue weighted by Gasteiger charge is -2.12. The number of benzene rings is 1. The maximum absolute atomic E-state index is 6.26. The van der Waals surface area contributed by atoms with Crippen molar-refractivity contribution in [3.63, 3.8) is 0 Å². The predicted molar refractivity (Wildman–Crippen MR) is 75.7 cm³/mol. The molecular formula is C15H20ClNO2. The Morgan fingerprint density at radius 2 is 2.21 bits per heavy atom. The highest BCUT2D eigenvalue weighted by Crippen LogP contribution is 2.27. The zero-order valence-corrected chi connectivity index (χ0v) is 11.8. The van der Waals surface area contributed by atoms with Crippen LogP contribution in [-0.2, 0) is 11.3 Å². The summed E-state index contributed by atoms with van der Waals surface area (Å²) in [5.41, 5.74) is 1.22. The van der Waals surface area contributed by atoms with Gasteiger partial charge in [0.1, 0.15) is 5.75 Å². The molecular weight excluding hydrogens is 262 g/mol. The number of halogens is 1. The average Bonchev–Trinajstić information content (AvgIpc) is 3.10. The molecule has 1 saturated carbocycles. The van der Waals surface area contributed by atoms with Crippen LogP contribution in [-0.4, -0.2) is 25.9 Å². The molecule has 1 aromatic carbocycles. The third-order valence-electron chi connectivity index (χ3n) is 3.67. The number of ether oxygens (including phenoxy) is 2. The van der Waals surface area contributed by atoms with Crippen molar-refractivity contribution in [1.82, 2.24) is 5.32 Å². The van der Waals surface area contributed by atoms with Gasteiger partial charge in [0.25, 0.3) is 0 Å². The van der Waals surface area contributed by atoms with E-state index in [-0.39, 0.29) is 0 Å². The van der Waals surface area contributed by atoms with Crippen LogP contribution in [0.3, 0.4) is 0 Å². The predicted octanol–water partition coefficient (Wildman–Crippen LogP) is 3.01. The smallest absolute Gasteiger partial charge is 0.137 e. The van der Waals surface area contributed by atoms with Gasteiger partial charge in [0.15, 0.2) is 0 Å². The van der Waals surface area contributed by atoms with Gasteiger partial charge in [0.2, 0.25) is 0 Å². The molecule has 1 heterocycles. The van der Waals surface area contributed by atoms with E-state index in [0.717, 1.165) is 38.0 Å². The highest BCUT2D eigenvalue weighted by Gasteiger charge is 2.20. The first-order valence-corrected chi connectivity index (χ1v) is 7.41. The highest BCUT2D eigenvalue weighted by molar-refractivity contribution is 6.32. The minimum atomic E-state index is 0.507. The Morgan fingerprint density at radius 3 is 2.89 bits per heavy atom. The molecule has 4 heteroatoms. The summed E-state index contributed by atoms with van der Waals surface area (Å²) in [6.45, 7) is 3.25. The molecule has 1 N–H and O–H groups in total. The molecule has 1 aromatic rings. The van der Waals surface area contributed by atoms with Crippen LogP contribution in [0.2, 0.25) is 5.02 Å². The molecule has 3 rings (SSSR count). The summed E-state index contributed by atoms with van der Waals surface area (Å²) >= 11 is 6.26. The Labute approximate surface area is 119 Å². The van der Waals surface area contributed by atoms with E-state index in [9.17, 15) is 0 Å². The van der Waals surface area contributed by atoms with Gasteiger partial charge in [-0.3, -0.25) is 0 Å². The summed E-state index contributed by atoms with van der Waals surface area (Å²) in [5, 5.41) is 4.18. The van der Waals surface area contributed by atoms with Gasteiger partial charge in [-0.2, -0.15) is 0 Å². The summed E-state index contributed by atoms with van der Waals surface area (Å²) in [4.78, 5) is 0. The standard InChI is InChI=1S/C15H20ClNO2/c16-14-7-11(8-17-13-2-3-13)1-4-15(14)19-10-12-5-6-18-9-12/h1,4,7,12-13,17H,2-3,5-6,8-10H2. The van der Waals surface area contributed by atoms with Gasteiger partial charge < -0.3 is 14.8 Å². The number of hydrogen-bond acceptors (Lipinski definition) is 3. The Morgan fingerprint density at radius 1 is 1.32 bits per heavy atom. The van der Waals surface area contributed by atoms with Crippen LogP contribution in [0, 0.1) is 5.92 Å². The van der Waals surface area contributed by atoms with E-state index in [0.29, 0.717) is 17.5 Å². The van der Waals surface area contributed by atoms with Crippen LogP contribution < -0.4 is 10.1 Å². The molecule has 1 aliphatic carbocycles. The van der Waals surface area contributed by atoms with E-state index in [1.807, 2.05) is 12.1 Å². The van der Waals surface area contributed by atoms with E-state index in [4.69, 9.17) is 21.1 Å². The second-order valence-electron chi connectivity index (χ2n) is 5.46. The van der Waals surface area contributed by atoms with Crippen molar-refractivity contribution in [3.8, 4) is 5.75 Å². The van der Waals surface area contributed by atoms with E-state index < -0.39 is 0 Å². The molecule has 0 amide bonds. The largest absolute Gasteiger partial charge is 0.492 e. The first-order chi connectivity index (χ1) is 9.31. The Kier molecular flexibility index (Phi) is 4.26. The fraction of sp³-hybridized carbons (Fsp3) is 0.600. The molecule has 1 aliphatic heterocycles. The maximum Gasteiger partial charge on any atom is 0.137 e. The minimum absolute atomic E-state index is 0.507. The Hall–Kier alpha value is -0.770. The van der Waals surface area contributed by atoms with Gasteiger partial charge in [-0.15, -0.1) is 0 Å². The van der Waals surface area contributed by atoms with E-state index in [1.54, 1.807) is 0 Å². The zero-order valence-electron chi connectivity index (χ0n) is 11.0. The molecule has 104 valence electrons. The van der Waals surface area contributed by atoms with E-state index in [1.165, 1.54) is 18.4 Å². The Bertz CT molecular complexity index is 428. The molecule has 2 aliphatic rings. The summed E-state index contributed by atoms with van der Waals surface area (Å²) < 4.78 is 11.1. The van der Waals surface area contributed by atoms with Crippen molar-refractivity contribution in [2.24, 2.45) is 5.92 Å². The molecule has 0 spiro atoms. The van der Waals surface area contributed by atoms with Crippen molar-refractivity contribution < 1.29 is 9.47 Å².